The Labute approximate surface area is 97.9 Å². The van der Waals surface area contributed by atoms with Crippen LogP contribution in [-0.4, -0.2) is 16.0 Å². The Kier molecular flexibility index (Phi) is 3.01. The van der Waals surface area contributed by atoms with E-state index < -0.39 is 0 Å². The van der Waals surface area contributed by atoms with E-state index in [9.17, 15) is 0 Å². The smallest absolute Gasteiger partial charge is 0.179 e. The van der Waals surface area contributed by atoms with Gasteiger partial charge >= 0.3 is 0 Å². The normalized spacial score (nSPS) is 12.8. The van der Waals surface area contributed by atoms with Crippen LogP contribution in [0, 0.1) is 0 Å². The molecule has 1 aromatic heterocycles. The Hall–Kier alpha value is -1.68. The fraction of sp³-hybridized carbons (Fsp3) is 0.182. The highest BCUT2D eigenvalue weighted by Crippen LogP contribution is 2.16. The van der Waals surface area contributed by atoms with Gasteiger partial charge in [0.15, 0.2) is 10.6 Å². The van der Waals surface area contributed by atoms with Crippen molar-refractivity contribution in [3.05, 3.63) is 34.9 Å². The van der Waals surface area contributed by atoms with Gasteiger partial charge in [-0.1, -0.05) is 35.9 Å². The number of hydrogen-bond donors (Lipinski definition) is 0. The summed E-state index contributed by atoms with van der Waals surface area (Å²) in [6.07, 6.45) is 1.63. The molecule has 0 aliphatic heterocycles. The molecule has 4 nitrogen and oxygen atoms in total. The maximum Gasteiger partial charge on any atom is 0.179 e. The molecule has 0 aliphatic carbocycles. The van der Waals surface area contributed by atoms with Crippen LogP contribution in [-0.2, 0) is 7.05 Å². The molecule has 0 spiro atoms. The van der Waals surface area contributed by atoms with E-state index in [0.717, 1.165) is 10.8 Å². The lowest BCUT2D eigenvalue weighted by atomic mass is 10.2. The van der Waals surface area contributed by atoms with E-state index in [0.29, 0.717) is 10.6 Å². The summed E-state index contributed by atoms with van der Waals surface area (Å²) >= 11 is 6.06. The van der Waals surface area contributed by atoms with E-state index in [2.05, 4.69) is 15.3 Å². The lowest BCUT2D eigenvalue weighted by Gasteiger charge is -2.04. The van der Waals surface area contributed by atoms with Gasteiger partial charge in [0.2, 0.25) is 0 Å². The number of nitrogens with zero attached hydrogens (tertiary/aromatic N) is 4. The van der Waals surface area contributed by atoms with Crippen molar-refractivity contribution in [3.8, 4) is 0 Å². The predicted octanol–water partition coefficient (Wildman–Crippen LogP) is 2.13. The number of aryl methyl sites for hydroxylation is 1. The second kappa shape index (κ2) is 4.45. The van der Waals surface area contributed by atoms with Crippen molar-refractivity contribution >= 4 is 28.6 Å². The number of aromatic nitrogens is 2. The van der Waals surface area contributed by atoms with Crippen molar-refractivity contribution in [1.29, 1.82) is 0 Å². The van der Waals surface area contributed by atoms with Crippen LogP contribution in [0.1, 0.15) is 6.92 Å². The zero-order chi connectivity index (χ0) is 11.5. The first-order valence-corrected chi connectivity index (χ1v) is 5.25. The van der Waals surface area contributed by atoms with Crippen LogP contribution < -0.4 is 5.49 Å². The number of fused-ring (bicyclic) bond motifs is 1. The van der Waals surface area contributed by atoms with Gasteiger partial charge in [-0.05, 0) is 6.92 Å². The summed E-state index contributed by atoms with van der Waals surface area (Å²) in [6.45, 7) is 1.81. The first-order chi connectivity index (χ1) is 7.74. The van der Waals surface area contributed by atoms with Crippen molar-refractivity contribution in [2.45, 2.75) is 6.92 Å². The zero-order valence-corrected chi connectivity index (χ0v) is 9.81. The molecule has 0 N–H and O–H groups in total. The van der Waals surface area contributed by atoms with E-state index in [1.165, 1.54) is 0 Å². The molecule has 0 unspecified atom stereocenters. The molecule has 0 saturated carbocycles. The lowest BCUT2D eigenvalue weighted by Crippen LogP contribution is -2.21. The van der Waals surface area contributed by atoms with Gasteiger partial charge in [-0.15, -0.1) is 5.10 Å². The summed E-state index contributed by atoms with van der Waals surface area (Å²) in [7, 11) is 1.79. The molecule has 1 heterocycles. The molecular weight excluding hydrogens is 224 g/mol. The van der Waals surface area contributed by atoms with Crippen LogP contribution in [0.4, 0.5) is 0 Å². The highest BCUT2D eigenvalue weighted by Gasteiger charge is 2.04. The molecule has 1 aromatic carbocycles. The fourth-order valence-corrected chi connectivity index (χ4v) is 1.77. The second-order valence-corrected chi connectivity index (χ2v) is 3.62. The van der Waals surface area contributed by atoms with Gasteiger partial charge in [0.1, 0.15) is 0 Å². The van der Waals surface area contributed by atoms with Gasteiger partial charge in [0.05, 0.1) is 0 Å². The molecule has 16 heavy (non-hydrogen) atoms. The molecule has 2 aromatic rings. The maximum atomic E-state index is 6.06. The maximum absolute atomic E-state index is 6.06. The quantitative estimate of drug-likeness (QED) is 0.551. The molecule has 0 aliphatic rings. The molecule has 0 bridgehead atoms. The summed E-state index contributed by atoms with van der Waals surface area (Å²) in [5.74, 6) is 0. The minimum atomic E-state index is 0.470. The number of rotatable bonds is 1. The van der Waals surface area contributed by atoms with E-state index in [-0.39, 0.29) is 0 Å². The van der Waals surface area contributed by atoms with E-state index >= 15 is 0 Å². The molecule has 0 atom stereocenters. The van der Waals surface area contributed by atoms with E-state index in [1.807, 2.05) is 31.2 Å². The number of halogens is 1. The zero-order valence-electron chi connectivity index (χ0n) is 9.05. The van der Waals surface area contributed by atoms with Gasteiger partial charge < -0.3 is 0 Å². The largest absolute Gasteiger partial charge is 0.248 e. The molecule has 0 radical (unpaired) electrons. The van der Waals surface area contributed by atoms with Crippen LogP contribution in [0.15, 0.2) is 34.5 Å². The van der Waals surface area contributed by atoms with Gasteiger partial charge in [-0.3, -0.25) is 0 Å². The molecule has 82 valence electrons. The van der Waals surface area contributed by atoms with Crippen molar-refractivity contribution in [3.63, 3.8) is 0 Å². The molecule has 2 rings (SSSR count). The Morgan fingerprint density at radius 2 is 2.00 bits per heavy atom. The minimum absolute atomic E-state index is 0.470. The van der Waals surface area contributed by atoms with Crippen molar-refractivity contribution in [1.82, 2.24) is 9.78 Å². The summed E-state index contributed by atoms with van der Waals surface area (Å²) in [5, 5.41) is 14.4. The Bertz CT molecular complexity index is 613. The Morgan fingerprint density at radius 3 is 2.69 bits per heavy atom. The SMILES string of the molecule is C/C=N\N=c1\c2ccccc2c(Cl)nn1C. The fourth-order valence-electron chi connectivity index (χ4n) is 1.50. The van der Waals surface area contributed by atoms with Crippen molar-refractivity contribution in [2.75, 3.05) is 0 Å². The van der Waals surface area contributed by atoms with Gasteiger partial charge in [0, 0.05) is 24.0 Å². The lowest BCUT2D eigenvalue weighted by molar-refractivity contribution is 0.696. The topological polar surface area (TPSA) is 42.5 Å². The van der Waals surface area contributed by atoms with Crippen LogP contribution in [0.5, 0.6) is 0 Å². The predicted molar refractivity (Wildman–Crippen MR) is 65.5 cm³/mol. The third-order valence-corrected chi connectivity index (χ3v) is 2.48. The van der Waals surface area contributed by atoms with Crippen LogP contribution in [0.25, 0.3) is 10.8 Å². The monoisotopic (exact) mass is 234 g/mol. The van der Waals surface area contributed by atoms with Gasteiger partial charge in [-0.25, -0.2) is 4.68 Å². The van der Waals surface area contributed by atoms with Crippen LogP contribution in [0.3, 0.4) is 0 Å². The third-order valence-electron chi connectivity index (χ3n) is 2.20. The van der Waals surface area contributed by atoms with Gasteiger partial charge in [0.25, 0.3) is 0 Å². The van der Waals surface area contributed by atoms with Crippen molar-refractivity contribution in [2.24, 2.45) is 17.3 Å². The second-order valence-electron chi connectivity index (χ2n) is 3.26. The first-order valence-electron chi connectivity index (χ1n) is 4.87. The standard InChI is InChI=1S/C11H11ClN4/c1-3-13-14-11-9-7-5-4-6-8(9)10(12)15-16(11)2/h3-7H,1-2H3/b13-3-,14-11-. The minimum Gasteiger partial charge on any atom is -0.248 e. The average molecular weight is 235 g/mol. The van der Waals surface area contributed by atoms with Gasteiger partial charge in [-0.2, -0.15) is 10.2 Å². The number of benzene rings is 1. The summed E-state index contributed by atoms with van der Waals surface area (Å²) in [6, 6.07) is 7.72. The average Bonchev–Trinajstić information content (AvgIpc) is 2.29. The van der Waals surface area contributed by atoms with Crippen LogP contribution >= 0.6 is 11.6 Å². The molecule has 0 saturated heterocycles. The molecular formula is C11H11ClN4. The highest BCUT2D eigenvalue weighted by molar-refractivity contribution is 6.34. The van der Waals surface area contributed by atoms with E-state index in [4.69, 9.17) is 11.6 Å². The molecule has 5 heteroatoms. The van der Waals surface area contributed by atoms with E-state index in [1.54, 1.807) is 17.9 Å². The summed E-state index contributed by atoms with van der Waals surface area (Å²) in [5.41, 5.74) is 0.693. The summed E-state index contributed by atoms with van der Waals surface area (Å²) in [4.78, 5) is 0. The van der Waals surface area contributed by atoms with Crippen molar-refractivity contribution < 1.29 is 0 Å². The first kappa shape index (κ1) is 10.8. The van der Waals surface area contributed by atoms with Crippen LogP contribution in [0.2, 0.25) is 5.15 Å². The highest BCUT2D eigenvalue weighted by atomic mass is 35.5. The Morgan fingerprint density at radius 1 is 1.31 bits per heavy atom. The summed E-state index contributed by atoms with van der Waals surface area (Å²) < 4.78 is 1.62. The third kappa shape index (κ3) is 1.84. The number of hydrogen-bond acceptors (Lipinski definition) is 3. The molecule has 0 amide bonds. The molecule has 0 fully saturated rings. The Balaban J connectivity index is 2.92.